The van der Waals surface area contributed by atoms with Crippen molar-refractivity contribution in [1.29, 1.82) is 0 Å². The largest absolute Gasteiger partial charge is 0.508 e. The fourth-order valence-electron chi connectivity index (χ4n) is 3.49. The van der Waals surface area contributed by atoms with E-state index in [1.54, 1.807) is 32.9 Å². The number of phenols is 1. The maximum atomic E-state index is 14.0. The van der Waals surface area contributed by atoms with Crippen LogP contribution in [0.4, 0.5) is 4.79 Å². The van der Waals surface area contributed by atoms with E-state index in [0.29, 0.717) is 5.56 Å². The fraction of sp³-hybridized carbons (Fsp3) is 0.654. The summed E-state index contributed by atoms with van der Waals surface area (Å²) in [5, 5.41) is 15.8. The van der Waals surface area contributed by atoms with E-state index in [0.717, 1.165) is 0 Å². The number of carbonyl (C=O) groups is 3. The van der Waals surface area contributed by atoms with E-state index in [4.69, 9.17) is 4.74 Å². The standard InChI is InChI=1S/C26H43N3O5/c1-16(2)19(27-23(33)34-26(9,10)11)22(32)29(25(6,7)8)20(21(31)28-24(3,4)5)17-13-12-14-18(30)15-17/h12-16,19-20,30H,1-11H3,(H,27,33)(H,28,31). The van der Waals surface area contributed by atoms with E-state index in [9.17, 15) is 19.5 Å². The average molecular weight is 478 g/mol. The van der Waals surface area contributed by atoms with E-state index in [1.807, 2.05) is 55.4 Å². The van der Waals surface area contributed by atoms with Gasteiger partial charge in [-0.1, -0.05) is 26.0 Å². The van der Waals surface area contributed by atoms with Gasteiger partial charge in [-0.25, -0.2) is 4.79 Å². The first-order chi connectivity index (χ1) is 15.2. The molecule has 0 aromatic heterocycles. The number of hydrogen-bond donors (Lipinski definition) is 3. The number of benzene rings is 1. The second-order valence-corrected chi connectivity index (χ2v) is 12.0. The van der Waals surface area contributed by atoms with Gasteiger partial charge in [0, 0.05) is 11.1 Å². The van der Waals surface area contributed by atoms with E-state index < -0.39 is 40.8 Å². The molecule has 0 aliphatic heterocycles. The lowest BCUT2D eigenvalue weighted by atomic mass is 9.92. The predicted octanol–water partition coefficient (Wildman–Crippen LogP) is 4.52. The third-order valence-electron chi connectivity index (χ3n) is 4.76. The van der Waals surface area contributed by atoms with Crippen molar-refractivity contribution >= 4 is 17.9 Å². The van der Waals surface area contributed by atoms with Crippen molar-refractivity contribution in [2.45, 2.75) is 105 Å². The molecule has 0 spiro atoms. The highest BCUT2D eigenvalue weighted by atomic mass is 16.6. The van der Waals surface area contributed by atoms with E-state index >= 15 is 0 Å². The van der Waals surface area contributed by atoms with Gasteiger partial charge in [-0.15, -0.1) is 0 Å². The quantitative estimate of drug-likeness (QED) is 0.558. The molecule has 8 nitrogen and oxygen atoms in total. The number of ether oxygens (including phenoxy) is 1. The average Bonchev–Trinajstić information content (AvgIpc) is 2.59. The molecule has 0 aliphatic carbocycles. The Hall–Kier alpha value is -2.77. The van der Waals surface area contributed by atoms with Crippen molar-refractivity contribution in [2.24, 2.45) is 5.92 Å². The summed E-state index contributed by atoms with van der Waals surface area (Å²) < 4.78 is 5.37. The first-order valence-electron chi connectivity index (χ1n) is 11.7. The topological polar surface area (TPSA) is 108 Å². The molecule has 192 valence electrons. The normalized spacial score (nSPS) is 14.2. The molecule has 0 fully saturated rings. The van der Waals surface area contributed by atoms with Gasteiger partial charge in [-0.2, -0.15) is 0 Å². The minimum absolute atomic E-state index is 0.0142. The summed E-state index contributed by atoms with van der Waals surface area (Å²) in [7, 11) is 0. The molecule has 0 saturated heterocycles. The van der Waals surface area contributed by atoms with Crippen LogP contribution in [0, 0.1) is 5.92 Å². The van der Waals surface area contributed by atoms with Crippen LogP contribution in [0.15, 0.2) is 24.3 Å². The molecule has 0 radical (unpaired) electrons. The number of carbonyl (C=O) groups excluding carboxylic acids is 3. The summed E-state index contributed by atoms with van der Waals surface area (Å²) in [6, 6.07) is 4.34. The molecule has 0 bridgehead atoms. The molecular formula is C26H43N3O5. The molecule has 0 aliphatic rings. The molecule has 1 rings (SSSR count). The van der Waals surface area contributed by atoms with Crippen LogP contribution < -0.4 is 10.6 Å². The first kappa shape index (κ1) is 29.3. The number of amides is 3. The van der Waals surface area contributed by atoms with Gasteiger partial charge in [-0.3, -0.25) is 9.59 Å². The molecule has 2 atom stereocenters. The minimum Gasteiger partial charge on any atom is -0.508 e. The van der Waals surface area contributed by atoms with Crippen molar-refractivity contribution in [2.75, 3.05) is 0 Å². The summed E-state index contributed by atoms with van der Waals surface area (Å²) in [5.74, 6) is -1.10. The third-order valence-corrected chi connectivity index (χ3v) is 4.76. The number of nitrogens with zero attached hydrogens (tertiary/aromatic N) is 1. The monoisotopic (exact) mass is 477 g/mol. The van der Waals surface area contributed by atoms with Crippen molar-refractivity contribution in [3.8, 4) is 5.75 Å². The van der Waals surface area contributed by atoms with E-state index in [1.165, 1.54) is 17.0 Å². The van der Waals surface area contributed by atoms with Crippen LogP contribution >= 0.6 is 0 Å². The summed E-state index contributed by atoms with van der Waals surface area (Å²) in [6.07, 6.45) is -0.707. The van der Waals surface area contributed by atoms with Crippen LogP contribution in [-0.4, -0.2) is 50.6 Å². The molecule has 0 saturated carbocycles. The van der Waals surface area contributed by atoms with Crippen LogP contribution in [-0.2, 0) is 14.3 Å². The molecule has 8 heteroatoms. The Kier molecular flexibility index (Phi) is 9.17. The first-order valence-corrected chi connectivity index (χ1v) is 11.7. The Morgan fingerprint density at radius 2 is 1.53 bits per heavy atom. The highest BCUT2D eigenvalue weighted by Crippen LogP contribution is 2.32. The molecule has 34 heavy (non-hydrogen) atoms. The number of rotatable bonds is 6. The maximum Gasteiger partial charge on any atom is 0.408 e. The zero-order valence-corrected chi connectivity index (χ0v) is 22.6. The number of phenolic OH excluding ortho intramolecular Hbond substituents is 1. The van der Waals surface area contributed by atoms with Gasteiger partial charge >= 0.3 is 6.09 Å². The van der Waals surface area contributed by atoms with Crippen LogP contribution in [0.2, 0.25) is 0 Å². The van der Waals surface area contributed by atoms with Crippen LogP contribution in [0.25, 0.3) is 0 Å². The van der Waals surface area contributed by atoms with Crippen LogP contribution in [0.5, 0.6) is 5.75 Å². The number of hydrogen-bond acceptors (Lipinski definition) is 5. The van der Waals surface area contributed by atoms with Crippen molar-refractivity contribution in [3.63, 3.8) is 0 Å². The van der Waals surface area contributed by atoms with Gasteiger partial charge in [0.05, 0.1) is 0 Å². The maximum absolute atomic E-state index is 14.0. The molecule has 0 heterocycles. The van der Waals surface area contributed by atoms with Gasteiger partial charge in [0.1, 0.15) is 23.4 Å². The van der Waals surface area contributed by atoms with Gasteiger partial charge in [0.2, 0.25) is 11.8 Å². The van der Waals surface area contributed by atoms with Gasteiger partial charge < -0.3 is 25.4 Å². The second kappa shape index (κ2) is 10.7. The van der Waals surface area contributed by atoms with E-state index in [2.05, 4.69) is 10.6 Å². The van der Waals surface area contributed by atoms with Crippen LogP contribution in [0.1, 0.15) is 87.8 Å². The van der Waals surface area contributed by atoms with Gasteiger partial charge in [-0.05, 0) is 85.9 Å². The molecular weight excluding hydrogens is 434 g/mol. The highest BCUT2D eigenvalue weighted by molar-refractivity contribution is 5.93. The third kappa shape index (κ3) is 8.88. The Morgan fingerprint density at radius 3 is 1.94 bits per heavy atom. The Balaban J connectivity index is 3.58. The van der Waals surface area contributed by atoms with Crippen molar-refractivity contribution in [3.05, 3.63) is 29.8 Å². The Labute approximate surface area is 204 Å². The molecule has 3 N–H and O–H groups in total. The summed E-state index contributed by atoms with van der Waals surface area (Å²) in [6.45, 7) is 19.9. The van der Waals surface area contributed by atoms with Crippen molar-refractivity contribution < 1.29 is 24.2 Å². The van der Waals surface area contributed by atoms with Crippen LogP contribution in [0.3, 0.4) is 0 Å². The van der Waals surface area contributed by atoms with Gasteiger partial charge in [0.15, 0.2) is 0 Å². The summed E-state index contributed by atoms with van der Waals surface area (Å²) in [4.78, 5) is 41.6. The SMILES string of the molecule is CC(C)C(NC(=O)OC(C)(C)C)C(=O)N(C(C(=O)NC(C)(C)C)c1cccc(O)c1)C(C)(C)C. The summed E-state index contributed by atoms with van der Waals surface area (Å²) >= 11 is 0. The molecule has 3 amide bonds. The smallest absolute Gasteiger partial charge is 0.408 e. The molecule has 2 unspecified atom stereocenters. The Bertz CT molecular complexity index is 876. The predicted molar refractivity (Wildman–Crippen MR) is 133 cm³/mol. The molecule has 1 aromatic rings. The zero-order chi connectivity index (χ0) is 26.6. The lowest BCUT2D eigenvalue weighted by Crippen LogP contribution is -2.60. The fourth-order valence-corrected chi connectivity index (χ4v) is 3.49. The lowest BCUT2D eigenvalue weighted by Gasteiger charge is -2.44. The van der Waals surface area contributed by atoms with E-state index in [-0.39, 0.29) is 17.6 Å². The number of nitrogens with one attached hydrogen (secondary N) is 2. The van der Waals surface area contributed by atoms with Gasteiger partial charge in [0.25, 0.3) is 0 Å². The lowest BCUT2D eigenvalue weighted by molar-refractivity contribution is -0.149. The Morgan fingerprint density at radius 1 is 0.971 bits per heavy atom. The zero-order valence-electron chi connectivity index (χ0n) is 22.6. The number of aromatic hydroxyl groups is 1. The van der Waals surface area contributed by atoms with Crippen molar-refractivity contribution in [1.82, 2.24) is 15.5 Å². The number of alkyl carbamates (subject to hydrolysis) is 1. The second-order valence-electron chi connectivity index (χ2n) is 12.0. The minimum atomic E-state index is -1.04. The molecule has 1 aromatic carbocycles. The highest BCUT2D eigenvalue weighted by Gasteiger charge is 2.43. The summed E-state index contributed by atoms with van der Waals surface area (Å²) in [5.41, 5.74) is -1.62.